The molecule has 0 spiro atoms. The molecule has 0 aromatic heterocycles. The topological polar surface area (TPSA) is 96.8 Å². The normalized spacial score (nSPS) is 34.5. The van der Waals surface area contributed by atoms with E-state index in [-0.39, 0.29) is 29.0 Å². The van der Waals surface area contributed by atoms with Crippen molar-refractivity contribution in [3.63, 3.8) is 0 Å². The molecule has 4 N–H and O–H groups in total. The molecule has 6 heteroatoms. The SMILES string of the molecule is CCCCCC1CCC(c2ccc(OC(=O)CC[C@@H](C)[C@H]3CC[C@H]4[C@@H]5CC(Oc6ccc(N)cc6)C6CC(Oc7ccc(N)cc7)CC[C@]6(C)[C@H]5CC[C@]34C)cc2)CC1. The van der Waals surface area contributed by atoms with Crippen LogP contribution in [0.25, 0.3) is 0 Å². The van der Waals surface area contributed by atoms with Crippen molar-refractivity contribution in [3.05, 3.63) is 78.4 Å². The van der Waals surface area contributed by atoms with Crippen molar-refractivity contribution in [1.82, 2.24) is 0 Å². The second kappa shape index (κ2) is 18.1. The standard InChI is InChI=1S/C53H74N2O4/c1-5-6-7-8-36-10-12-37(13-11-36)38-14-20-43(21-15-38)59-51(56)28-9-35(2)46-26-27-47-45-34-50(58-42-24-18-40(55)19-25-42)49-33-44(57-41-22-16-39(54)17-23-41)29-31-53(49,4)48(45)30-32-52(46,47)3/h14-25,35-37,44-50H,5-13,26-34,54-55H2,1-4H3/t35-,36?,37?,44?,45+,46-,47+,48+,49?,50?,52-,53-/m1/s1. The van der Waals surface area contributed by atoms with Crippen molar-refractivity contribution < 1.29 is 19.0 Å². The van der Waals surface area contributed by atoms with Gasteiger partial charge in [-0.05, 0) is 202 Å². The summed E-state index contributed by atoms with van der Waals surface area (Å²) in [5, 5.41) is 0. The van der Waals surface area contributed by atoms with Gasteiger partial charge in [0, 0.05) is 23.7 Å². The summed E-state index contributed by atoms with van der Waals surface area (Å²) in [6.45, 7) is 9.92. The molecule has 3 unspecified atom stereocenters. The van der Waals surface area contributed by atoms with Crippen molar-refractivity contribution in [3.8, 4) is 17.2 Å². The van der Waals surface area contributed by atoms with Gasteiger partial charge < -0.3 is 25.7 Å². The Hall–Kier alpha value is -3.67. The van der Waals surface area contributed by atoms with E-state index in [0.29, 0.717) is 53.6 Å². The van der Waals surface area contributed by atoms with Gasteiger partial charge in [-0.15, -0.1) is 0 Å². The van der Waals surface area contributed by atoms with Crippen LogP contribution in [0.2, 0.25) is 0 Å². The molecule has 8 rings (SSSR count). The third-order valence-corrected chi connectivity index (χ3v) is 17.2. The van der Waals surface area contributed by atoms with Gasteiger partial charge in [0.05, 0.1) is 6.10 Å². The van der Waals surface area contributed by atoms with Crippen LogP contribution in [0.15, 0.2) is 72.8 Å². The van der Waals surface area contributed by atoms with E-state index in [4.69, 9.17) is 25.7 Å². The monoisotopic (exact) mass is 803 g/mol. The van der Waals surface area contributed by atoms with Crippen LogP contribution >= 0.6 is 0 Å². The van der Waals surface area contributed by atoms with Crippen LogP contribution in [0.4, 0.5) is 11.4 Å². The van der Waals surface area contributed by atoms with Gasteiger partial charge in [0.15, 0.2) is 0 Å². The van der Waals surface area contributed by atoms with Gasteiger partial charge in [-0.25, -0.2) is 0 Å². The minimum atomic E-state index is -0.0921. The van der Waals surface area contributed by atoms with E-state index in [1.807, 2.05) is 60.7 Å². The number of hydrogen-bond acceptors (Lipinski definition) is 6. The molecule has 5 aliphatic carbocycles. The summed E-state index contributed by atoms with van der Waals surface area (Å²) in [5.74, 6) is 7.48. The van der Waals surface area contributed by atoms with E-state index in [1.54, 1.807) is 0 Å². The van der Waals surface area contributed by atoms with E-state index in [0.717, 1.165) is 60.9 Å². The van der Waals surface area contributed by atoms with E-state index in [1.165, 1.54) is 82.6 Å². The zero-order valence-electron chi connectivity index (χ0n) is 36.7. The van der Waals surface area contributed by atoms with Crippen molar-refractivity contribution in [2.75, 3.05) is 11.5 Å². The minimum Gasteiger partial charge on any atom is -0.490 e. The predicted octanol–water partition coefficient (Wildman–Crippen LogP) is 13.2. The number of unbranched alkanes of at least 4 members (excludes halogenated alkanes) is 2. The Morgan fingerprint density at radius 2 is 1.32 bits per heavy atom. The summed E-state index contributed by atoms with van der Waals surface area (Å²) in [6.07, 6.45) is 21.8. The fourth-order valence-electron chi connectivity index (χ4n) is 13.9. The van der Waals surface area contributed by atoms with E-state index < -0.39 is 0 Å². The summed E-state index contributed by atoms with van der Waals surface area (Å²) in [7, 11) is 0. The second-order valence-corrected chi connectivity index (χ2v) is 20.5. The van der Waals surface area contributed by atoms with Crippen molar-refractivity contribution in [2.24, 2.45) is 52.3 Å². The van der Waals surface area contributed by atoms with Crippen LogP contribution in [0.3, 0.4) is 0 Å². The molecule has 59 heavy (non-hydrogen) atoms. The number of esters is 1. The molecule has 0 bridgehead atoms. The van der Waals surface area contributed by atoms with E-state index in [2.05, 4.69) is 39.8 Å². The first-order valence-corrected chi connectivity index (χ1v) is 23.9. The molecular formula is C53H74N2O4. The molecule has 320 valence electrons. The molecule has 5 saturated carbocycles. The average Bonchev–Trinajstić information content (AvgIpc) is 3.60. The first kappa shape index (κ1) is 42.0. The predicted molar refractivity (Wildman–Crippen MR) is 240 cm³/mol. The summed E-state index contributed by atoms with van der Waals surface area (Å²) < 4.78 is 19.6. The lowest BCUT2D eigenvalue weighted by atomic mass is 9.43. The van der Waals surface area contributed by atoms with Crippen molar-refractivity contribution in [1.29, 1.82) is 0 Å². The molecule has 5 aliphatic rings. The van der Waals surface area contributed by atoms with Gasteiger partial charge in [-0.2, -0.15) is 0 Å². The molecule has 0 heterocycles. The lowest BCUT2D eigenvalue weighted by Crippen LogP contribution is -2.59. The van der Waals surface area contributed by atoms with Gasteiger partial charge in [0.1, 0.15) is 23.4 Å². The smallest absolute Gasteiger partial charge is 0.311 e. The van der Waals surface area contributed by atoms with Gasteiger partial charge in [0.2, 0.25) is 0 Å². The molecule has 0 amide bonds. The molecule has 10 atom stereocenters. The molecule has 3 aromatic carbocycles. The maximum atomic E-state index is 13.3. The highest BCUT2D eigenvalue weighted by atomic mass is 16.5. The van der Waals surface area contributed by atoms with Crippen molar-refractivity contribution >= 4 is 17.3 Å². The maximum Gasteiger partial charge on any atom is 0.311 e. The highest BCUT2D eigenvalue weighted by molar-refractivity contribution is 5.72. The van der Waals surface area contributed by atoms with Crippen LogP contribution in [-0.2, 0) is 4.79 Å². The zero-order chi connectivity index (χ0) is 41.1. The fourth-order valence-corrected chi connectivity index (χ4v) is 13.9. The number of carbonyl (C=O) groups excluding carboxylic acids is 1. The second-order valence-electron chi connectivity index (χ2n) is 20.5. The first-order valence-electron chi connectivity index (χ1n) is 23.9. The van der Waals surface area contributed by atoms with Gasteiger partial charge in [0.25, 0.3) is 0 Å². The zero-order valence-corrected chi connectivity index (χ0v) is 36.7. The number of ether oxygens (including phenoxy) is 3. The minimum absolute atomic E-state index is 0.0921. The van der Waals surface area contributed by atoms with Gasteiger partial charge in [-0.3, -0.25) is 4.79 Å². The fraction of sp³-hybridized carbons (Fsp3) is 0.642. The Kier molecular flexibility index (Phi) is 12.9. The van der Waals surface area contributed by atoms with Crippen LogP contribution in [-0.4, -0.2) is 18.2 Å². The highest BCUT2D eigenvalue weighted by Crippen LogP contribution is 2.69. The van der Waals surface area contributed by atoms with Crippen LogP contribution in [0.1, 0.15) is 155 Å². The van der Waals surface area contributed by atoms with Crippen LogP contribution in [0.5, 0.6) is 17.2 Å². The maximum absolute atomic E-state index is 13.3. The quantitative estimate of drug-likeness (QED) is 0.0729. The Morgan fingerprint density at radius 3 is 2.00 bits per heavy atom. The Balaban J connectivity index is 0.883. The summed E-state index contributed by atoms with van der Waals surface area (Å²) in [5.41, 5.74) is 15.5. The number of nitrogens with two attached hydrogens (primary N) is 2. The molecular weight excluding hydrogens is 729 g/mol. The lowest BCUT2D eigenvalue weighted by Gasteiger charge is -2.63. The number of rotatable bonds is 14. The molecule has 6 nitrogen and oxygen atoms in total. The summed E-state index contributed by atoms with van der Waals surface area (Å²) in [6, 6.07) is 24.4. The number of fused-ring (bicyclic) bond motifs is 5. The Bertz CT molecular complexity index is 1820. The Morgan fingerprint density at radius 1 is 0.695 bits per heavy atom. The number of nitrogen functional groups attached to an aromatic ring is 2. The lowest BCUT2D eigenvalue weighted by molar-refractivity contribution is -0.164. The third kappa shape index (κ3) is 9.18. The number of anilines is 2. The van der Waals surface area contributed by atoms with Crippen LogP contribution in [0, 0.1) is 52.3 Å². The largest absolute Gasteiger partial charge is 0.490 e. The molecule has 0 aliphatic heterocycles. The average molecular weight is 803 g/mol. The Labute approximate surface area is 355 Å². The van der Waals surface area contributed by atoms with E-state index in [9.17, 15) is 4.79 Å². The van der Waals surface area contributed by atoms with E-state index >= 15 is 0 Å². The van der Waals surface area contributed by atoms with Gasteiger partial charge in [-0.1, -0.05) is 65.5 Å². The third-order valence-electron chi connectivity index (χ3n) is 17.2. The summed E-state index contributed by atoms with van der Waals surface area (Å²) in [4.78, 5) is 13.3. The summed E-state index contributed by atoms with van der Waals surface area (Å²) >= 11 is 0. The van der Waals surface area contributed by atoms with Crippen LogP contribution < -0.4 is 25.7 Å². The number of benzene rings is 3. The van der Waals surface area contributed by atoms with Gasteiger partial charge >= 0.3 is 5.97 Å². The number of carbonyl (C=O) groups is 1. The first-order chi connectivity index (χ1) is 28.5. The highest BCUT2D eigenvalue weighted by Gasteiger charge is 2.63. The molecule has 5 fully saturated rings. The van der Waals surface area contributed by atoms with Crippen molar-refractivity contribution in [2.45, 2.75) is 161 Å². The number of hydrogen-bond donors (Lipinski definition) is 2. The molecule has 0 saturated heterocycles. The molecule has 0 radical (unpaired) electrons. The molecule has 3 aromatic rings.